The fourth-order valence-electron chi connectivity index (χ4n) is 3.03. The van der Waals surface area contributed by atoms with Gasteiger partial charge >= 0.3 is 0 Å². The zero-order valence-electron chi connectivity index (χ0n) is 15.1. The van der Waals surface area contributed by atoms with Crippen molar-refractivity contribution in [1.29, 1.82) is 0 Å². The van der Waals surface area contributed by atoms with Crippen molar-refractivity contribution >= 4 is 16.5 Å². The van der Waals surface area contributed by atoms with E-state index in [0.717, 1.165) is 10.8 Å². The van der Waals surface area contributed by atoms with Crippen LogP contribution in [0.2, 0.25) is 0 Å². The van der Waals surface area contributed by atoms with Gasteiger partial charge in [0.05, 0.1) is 34.1 Å². The lowest BCUT2D eigenvalue weighted by Crippen LogP contribution is -1.97. The Kier molecular flexibility index (Phi) is 4.67. The average Bonchev–Trinajstić information content (AvgIpc) is 2.66. The Labute approximate surface area is 151 Å². The Bertz CT molecular complexity index is 968. The molecule has 3 rings (SSSR count). The minimum Gasteiger partial charge on any atom is -0.507 e. The van der Waals surface area contributed by atoms with Crippen LogP contribution in [0, 0.1) is 0 Å². The number of nitrogens with two attached hydrogens (primary N) is 1. The molecule has 136 valence electrons. The fourth-order valence-corrected chi connectivity index (χ4v) is 3.03. The second-order valence-electron chi connectivity index (χ2n) is 5.68. The van der Waals surface area contributed by atoms with Crippen LogP contribution >= 0.6 is 0 Å². The van der Waals surface area contributed by atoms with Crippen LogP contribution in [-0.2, 0) is 0 Å². The molecule has 6 nitrogen and oxygen atoms in total. The van der Waals surface area contributed by atoms with E-state index in [0.29, 0.717) is 39.8 Å². The Morgan fingerprint density at radius 3 is 1.92 bits per heavy atom. The van der Waals surface area contributed by atoms with Gasteiger partial charge in [0.1, 0.15) is 5.75 Å². The van der Waals surface area contributed by atoms with Crippen LogP contribution < -0.4 is 24.7 Å². The van der Waals surface area contributed by atoms with E-state index < -0.39 is 0 Å². The zero-order chi connectivity index (χ0) is 18.8. The summed E-state index contributed by atoms with van der Waals surface area (Å²) in [6, 6.07) is 10.6. The van der Waals surface area contributed by atoms with Crippen molar-refractivity contribution < 1.29 is 24.1 Å². The molecule has 3 N–H and O–H groups in total. The molecular formula is C20H21NO5. The van der Waals surface area contributed by atoms with Gasteiger partial charge in [-0.25, -0.2) is 0 Å². The molecule has 0 atom stereocenters. The number of anilines is 1. The van der Waals surface area contributed by atoms with Crippen LogP contribution in [-0.4, -0.2) is 33.5 Å². The first-order valence-corrected chi connectivity index (χ1v) is 7.93. The van der Waals surface area contributed by atoms with Crippen molar-refractivity contribution in [1.82, 2.24) is 0 Å². The number of benzene rings is 3. The molecule has 0 unspecified atom stereocenters. The minimum atomic E-state index is 0.0643. The van der Waals surface area contributed by atoms with Gasteiger partial charge in [0.25, 0.3) is 0 Å². The molecule has 3 aromatic carbocycles. The third-order valence-electron chi connectivity index (χ3n) is 4.34. The molecule has 0 bridgehead atoms. The summed E-state index contributed by atoms with van der Waals surface area (Å²) >= 11 is 0. The van der Waals surface area contributed by atoms with Crippen LogP contribution in [0.3, 0.4) is 0 Å². The van der Waals surface area contributed by atoms with Crippen molar-refractivity contribution in [3.8, 4) is 39.9 Å². The lowest BCUT2D eigenvalue weighted by molar-refractivity contribution is 0.355. The zero-order valence-corrected chi connectivity index (χ0v) is 15.1. The summed E-state index contributed by atoms with van der Waals surface area (Å²) in [5.41, 5.74) is 8.07. The van der Waals surface area contributed by atoms with Gasteiger partial charge in [-0.2, -0.15) is 0 Å². The van der Waals surface area contributed by atoms with Crippen molar-refractivity contribution in [2.24, 2.45) is 0 Å². The molecule has 0 fully saturated rings. The van der Waals surface area contributed by atoms with E-state index in [1.165, 1.54) is 0 Å². The summed E-state index contributed by atoms with van der Waals surface area (Å²) in [6.45, 7) is 0. The predicted octanol–water partition coefficient (Wildman–Crippen LogP) is 3.83. The highest BCUT2D eigenvalue weighted by atomic mass is 16.5. The molecule has 6 heteroatoms. The summed E-state index contributed by atoms with van der Waals surface area (Å²) in [7, 11) is 6.25. The number of fused-ring (bicyclic) bond motifs is 1. The molecule has 0 aliphatic carbocycles. The molecule has 0 heterocycles. The third-order valence-corrected chi connectivity index (χ3v) is 4.34. The number of phenols is 1. The molecule has 0 aromatic heterocycles. The lowest BCUT2D eigenvalue weighted by atomic mass is 9.96. The van der Waals surface area contributed by atoms with Gasteiger partial charge in [-0.3, -0.25) is 0 Å². The van der Waals surface area contributed by atoms with Crippen LogP contribution in [0.5, 0.6) is 28.7 Å². The number of ether oxygens (including phenoxy) is 4. The average molecular weight is 355 g/mol. The summed E-state index contributed by atoms with van der Waals surface area (Å²) in [5.74, 6) is 2.35. The van der Waals surface area contributed by atoms with Gasteiger partial charge in [0.2, 0.25) is 0 Å². The molecule has 0 aliphatic heterocycles. The number of hydrogen-bond donors (Lipinski definition) is 2. The largest absolute Gasteiger partial charge is 0.507 e. The van der Waals surface area contributed by atoms with E-state index in [1.54, 1.807) is 58.8 Å². The summed E-state index contributed by atoms with van der Waals surface area (Å²) in [5, 5.41) is 12.1. The van der Waals surface area contributed by atoms with Crippen molar-refractivity contribution in [3.05, 3.63) is 36.4 Å². The maximum absolute atomic E-state index is 10.6. The summed E-state index contributed by atoms with van der Waals surface area (Å²) in [6.07, 6.45) is 0. The van der Waals surface area contributed by atoms with Crippen LogP contribution in [0.1, 0.15) is 0 Å². The Balaban J connectivity index is 2.27. The van der Waals surface area contributed by atoms with E-state index in [4.69, 9.17) is 24.7 Å². The van der Waals surface area contributed by atoms with Gasteiger partial charge < -0.3 is 29.8 Å². The maximum Gasteiger partial charge on any atom is 0.161 e. The third kappa shape index (κ3) is 2.79. The van der Waals surface area contributed by atoms with E-state index >= 15 is 0 Å². The highest BCUT2D eigenvalue weighted by Crippen LogP contribution is 2.45. The van der Waals surface area contributed by atoms with Crippen molar-refractivity contribution in [2.45, 2.75) is 0 Å². The number of methoxy groups -OCH3 is 4. The first-order valence-electron chi connectivity index (χ1n) is 7.93. The van der Waals surface area contributed by atoms with Gasteiger partial charge in [-0.15, -0.1) is 0 Å². The molecule has 0 spiro atoms. The standard InChI is InChI=1S/C20H21NO5/c1-23-15-6-5-11(8-16(15)24-2)19-14(22)7-12-9-17(25-3)18(26-4)10-13(12)20(19)21/h5-10,22H,21H2,1-4H3. The minimum absolute atomic E-state index is 0.0643. The highest BCUT2D eigenvalue weighted by molar-refractivity contribution is 6.04. The predicted molar refractivity (Wildman–Crippen MR) is 102 cm³/mol. The molecular weight excluding hydrogens is 334 g/mol. The summed E-state index contributed by atoms with van der Waals surface area (Å²) < 4.78 is 21.3. The second-order valence-corrected chi connectivity index (χ2v) is 5.68. The SMILES string of the molecule is COc1ccc(-c2c(O)cc3cc(OC)c(OC)cc3c2N)cc1OC. The fraction of sp³-hybridized carbons (Fsp3) is 0.200. The molecule has 0 saturated heterocycles. The quantitative estimate of drug-likeness (QED) is 0.677. The van der Waals surface area contributed by atoms with Gasteiger partial charge in [0.15, 0.2) is 23.0 Å². The number of aromatic hydroxyl groups is 1. The Morgan fingerprint density at radius 1 is 0.731 bits per heavy atom. The number of nitrogen functional groups attached to an aromatic ring is 1. The molecule has 26 heavy (non-hydrogen) atoms. The van der Waals surface area contributed by atoms with E-state index in [1.807, 2.05) is 6.07 Å². The molecule has 0 amide bonds. The smallest absolute Gasteiger partial charge is 0.161 e. The first kappa shape index (κ1) is 17.5. The lowest BCUT2D eigenvalue weighted by Gasteiger charge is -2.16. The number of phenolic OH excluding ortho intramolecular Hbond substituents is 1. The van der Waals surface area contributed by atoms with Gasteiger partial charge in [-0.05, 0) is 41.3 Å². The molecule has 3 aromatic rings. The van der Waals surface area contributed by atoms with E-state index in [-0.39, 0.29) is 5.75 Å². The first-order chi connectivity index (χ1) is 12.5. The molecule has 0 saturated carbocycles. The Hall–Kier alpha value is -3.28. The summed E-state index contributed by atoms with van der Waals surface area (Å²) in [4.78, 5) is 0. The topological polar surface area (TPSA) is 83.2 Å². The van der Waals surface area contributed by atoms with Gasteiger partial charge in [-0.1, -0.05) is 6.07 Å². The van der Waals surface area contributed by atoms with Crippen molar-refractivity contribution in [2.75, 3.05) is 34.2 Å². The Morgan fingerprint density at radius 2 is 1.31 bits per heavy atom. The van der Waals surface area contributed by atoms with Crippen LogP contribution in [0.25, 0.3) is 21.9 Å². The highest BCUT2D eigenvalue weighted by Gasteiger charge is 2.17. The van der Waals surface area contributed by atoms with Gasteiger partial charge in [0, 0.05) is 10.9 Å². The second kappa shape index (κ2) is 6.92. The van der Waals surface area contributed by atoms with E-state index in [2.05, 4.69) is 0 Å². The molecule has 0 aliphatic rings. The maximum atomic E-state index is 10.6. The van der Waals surface area contributed by atoms with E-state index in [9.17, 15) is 5.11 Å². The molecule has 0 radical (unpaired) electrons. The number of hydrogen-bond acceptors (Lipinski definition) is 6. The number of rotatable bonds is 5. The monoisotopic (exact) mass is 355 g/mol. The normalized spacial score (nSPS) is 10.6. The van der Waals surface area contributed by atoms with Crippen LogP contribution in [0.4, 0.5) is 5.69 Å². The van der Waals surface area contributed by atoms with Crippen LogP contribution in [0.15, 0.2) is 36.4 Å². The van der Waals surface area contributed by atoms with Crippen molar-refractivity contribution in [3.63, 3.8) is 0 Å².